The Labute approximate surface area is 98.6 Å². The van der Waals surface area contributed by atoms with Gasteiger partial charge in [0.05, 0.1) is 7.11 Å². The molecular weight excluding hydrogens is 224 g/mol. The average molecular weight is 238 g/mol. The highest BCUT2D eigenvalue weighted by Gasteiger charge is 2.18. The third kappa shape index (κ3) is 2.75. The molecule has 1 atom stereocenters. The molecular formula is C12H14O5. The Morgan fingerprint density at radius 2 is 2.18 bits per heavy atom. The molecule has 0 aliphatic carbocycles. The summed E-state index contributed by atoms with van der Waals surface area (Å²) in [5.74, 6) is -1.35. The number of ether oxygens (including phenoxy) is 1. The third-order valence-electron chi connectivity index (χ3n) is 2.56. The van der Waals surface area contributed by atoms with Crippen LogP contribution in [0.25, 0.3) is 0 Å². The van der Waals surface area contributed by atoms with Crippen molar-refractivity contribution in [2.75, 3.05) is 7.11 Å². The number of aldehydes is 1. The van der Waals surface area contributed by atoms with E-state index in [1.807, 2.05) is 0 Å². The lowest BCUT2D eigenvalue weighted by Crippen LogP contribution is -2.04. The Morgan fingerprint density at radius 3 is 2.65 bits per heavy atom. The predicted molar refractivity (Wildman–Crippen MR) is 60.7 cm³/mol. The average Bonchev–Trinajstić information content (AvgIpc) is 2.28. The number of hydrogen-bond donors (Lipinski definition) is 2. The molecule has 0 amide bonds. The number of rotatable bonds is 5. The van der Waals surface area contributed by atoms with Gasteiger partial charge in [-0.2, -0.15) is 0 Å². The van der Waals surface area contributed by atoms with E-state index in [9.17, 15) is 14.7 Å². The molecule has 0 saturated carbocycles. The number of carboxylic acids is 1. The van der Waals surface area contributed by atoms with Gasteiger partial charge in [-0.1, -0.05) is 6.92 Å². The maximum absolute atomic E-state index is 11.0. The number of phenols is 1. The lowest BCUT2D eigenvalue weighted by molar-refractivity contribution is -0.108. The van der Waals surface area contributed by atoms with E-state index in [0.29, 0.717) is 5.56 Å². The topological polar surface area (TPSA) is 83.8 Å². The molecule has 0 aliphatic rings. The molecule has 0 radical (unpaired) electrons. The van der Waals surface area contributed by atoms with E-state index in [1.54, 1.807) is 6.92 Å². The molecule has 0 spiro atoms. The zero-order valence-electron chi connectivity index (χ0n) is 9.64. The first kappa shape index (κ1) is 13.0. The summed E-state index contributed by atoms with van der Waals surface area (Å²) in [7, 11) is 1.33. The Morgan fingerprint density at radius 1 is 1.53 bits per heavy atom. The van der Waals surface area contributed by atoms with E-state index in [1.165, 1.54) is 19.2 Å². The molecule has 0 saturated heterocycles. The van der Waals surface area contributed by atoms with Crippen LogP contribution in [0, 0.1) is 0 Å². The normalized spacial score (nSPS) is 11.9. The van der Waals surface area contributed by atoms with Gasteiger partial charge in [0, 0.05) is 12.5 Å². The van der Waals surface area contributed by atoms with Crippen molar-refractivity contribution < 1.29 is 24.5 Å². The Hall–Kier alpha value is -2.04. The molecule has 0 fully saturated rings. The van der Waals surface area contributed by atoms with E-state index in [-0.39, 0.29) is 29.4 Å². The standard InChI is InChI=1S/C12H14O5/c1-7(3-4-13)8-5-9(12(15)16)11(17-2)6-10(8)14/h4-7,14H,3H2,1-2H3,(H,15,16). The number of aromatic carboxylic acids is 1. The summed E-state index contributed by atoms with van der Waals surface area (Å²) in [5, 5.41) is 18.7. The Balaban J connectivity index is 3.28. The Kier molecular flexibility index (Phi) is 4.09. The minimum absolute atomic E-state index is 0.0296. The lowest BCUT2D eigenvalue weighted by atomic mass is 9.95. The molecule has 1 unspecified atom stereocenters. The summed E-state index contributed by atoms with van der Waals surface area (Å²) in [6, 6.07) is 2.59. The summed E-state index contributed by atoms with van der Waals surface area (Å²) < 4.78 is 4.87. The zero-order chi connectivity index (χ0) is 13.0. The minimum Gasteiger partial charge on any atom is -0.508 e. The van der Waals surface area contributed by atoms with Gasteiger partial charge in [0.15, 0.2) is 0 Å². The Bertz CT molecular complexity index is 439. The van der Waals surface area contributed by atoms with Crippen LogP contribution in [0.1, 0.15) is 35.2 Å². The maximum atomic E-state index is 11.0. The van der Waals surface area contributed by atoms with Gasteiger partial charge in [0.1, 0.15) is 23.3 Å². The number of phenolic OH excluding ortho intramolecular Hbond substituents is 1. The number of carbonyl (C=O) groups excluding carboxylic acids is 1. The van der Waals surface area contributed by atoms with Gasteiger partial charge in [-0.3, -0.25) is 0 Å². The summed E-state index contributed by atoms with van der Waals surface area (Å²) in [4.78, 5) is 21.4. The van der Waals surface area contributed by atoms with Gasteiger partial charge >= 0.3 is 5.97 Å². The van der Waals surface area contributed by atoms with Crippen LogP contribution < -0.4 is 4.74 Å². The highest BCUT2D eigenvalue weighted by molar-refractivity contribution is 5.91. The van der Waals surface area contributed by atoms with Crippen molar-refractivity contribution in [1.82, 2.24) is 0 Å². The van der Waals surface area contributed by atoms with E-state index < -0.39 is 5.97 Å². The number of benzene rings is 1. The highest BCUT2D eigenvalue weighted by Crippen LogP contribution is 2.33. The largest absolute Gasteiger partial charge is 0.508 e. The van der Waals surface area contributed by atoms with Crippen LogP contribution in [0.15, 0.2) is 12.1 Å². The van der Waals surface area contributed by atoms with Crippen LogP contribution in [-0.2, 0) is 4.79 Å². The fourth-order valence-corrected chi connectivity index (χ4v) is 1.59. The summed E-state index contributed by atoms with van der Waals surface area (Å²) in [6.07, 6.45) is 0.952. The molecule has 1 aromatic carbocycles. The number of hydrogen-bond acceptors (Lipinski definition) is 4. The van der Waals surface area contributed by atoms with Crippen molar-refractivity contribution in [2.45, 2.75) is 19.3 Å². The number of methoxy groups -OCH3 is 1. The molecule has 17 heavy (non-hydrogen) atoms. The van der Waals surface area contributed by atoms with E-state index in [2.05, 4.69) is 0 Å². The van der Waals surface area contributed by atoms with E-state index >= 15 is 0 Å². The van der Waals surface area contributed by atoms with Gasteiger partial charge in [0.2, 0.25) is 0 Å². The molecule has 5 nitrogen and oxygen atoms in total. The van der Waals surface area contributed by atoms with Crippen LogP contribution in [0.3, 0.4) is 0 Å². The fourth-order valence-electron chi connectivity index (χ4n) is 1.59. The van der Waals surface area contributed by atoms with Gasteiger partial charge < -0.3 is 19.7 Å². The first-order chi connectivity index (χ1) is 8.01. The van der Waals surface area contributed by atoms with Crippen molar-refractivity contribution in [2.24, 2.45) is 0 Å². The second kappa shape index (κ2) is 5.34. The minimum atomic E-state index is -1.14. The molecule has 1 aromatic rings. The van der Waals surface area contributed by atoms with Crippen molar-refractivity contribution >= 4 is 12.3 Å². The van der Waals surface area contributed by atoms with Crippen molar-refractivity contribution in [1.29, 1.82) is 0 Å². The molecule has 2 N–H and O–H groups in total. The van der Waals surface area contributed by atoms with Crippen molar-refractivity contribution in [3.63, 3.8) is 0 Å². The van der Waals surface area contributed by atoms with Crippen LogP contribution in [0.4, 0.5) is 0 Å². The smallest absolute Gasteiger partial charge is 0.339 e. The van der Waals surface area contributed by atoms with Gasteiger partial charge in [0.25, 0.3) is 0 Å². The first-order valence-corrected chi connectivity index (χ1v) is 5.09. The second-order valence-electron chi connectivity index (χ2n) is 3.72. The number of aromatic hydroxyl groups is 1. The molecule has 92 valence electrons. The summed E-state index contributed by atoms with van der Waals surface area (Å²) in [6.45, 7) is 1.74. The second-order valence-corrected chi connectivity index (χ2v) is 3.72. The monoisotopic (exact) mass is 238 g/mol. The molecule has 0 heterocycles. The van der Waals surface area contributed by atoms with E-state index in [4.69, 9.17) is 9.84 Å². The van der Waals surface area contributed by atoms with Crippen molar-refractivity contribution in [3.8, 4) is 11.5 Å². The van der Waals surface area contributed by atoms with E-state index in [0.717, 1.165) is 6.29 Å². The van der Waals surface area contributed by atoms with Gasteiger partial charge in [-0.05, 0) is 17.5 Å². The molecule has 0 aromatic heterocycles. The first-order valence-electron chi connectivity index (χ1n) is 5.09. The van der Waals surface area contributed by atoms with Crippen LogP contribution in [0.2, 0.25) is 0 Å². The summed E-state index contributed by atoms with van der Waals surface area (Å²) in [5.41, 5.74) is 0.397. The molecule has 5 heteroatoms. The van der Waals surface area contributed by atoms with Gasteiger partial charge in [-0.25, -0.2) is 4.79 Å². The lowest BCUT2D eigenvalue weighted by Gasteiger charge is -2.14. The van der Waals surface area contributed by atoms with Crippen LogP contribution in [0.5, 0.6) is 11.5 Å². The van der Waals surface area contributed by atoms with Crippen LogP contribution in [-0.4, -0.2) is 29.6 Å². The molecule has 0 bridgehead atoms. The molecule has 1 rings (SSSR count). The quantitative estimate of drug-likeness (QED) is 0.764. The summed E-state index contributed by atoms with van der Waals surface area (Å²) >= 11 is 0. The third-order valence-corrected chi connectivity index (χ3v) is 2.56. The fraction of sp³-hybridized carbons (Fsp3) is 0.333. The number of carbonyl (C=O) groups is 2. The maximum Gasteiger partial charge on any atom is 0.339 e. The zero-order valence-corrected chi connectivity index (χ0v) is 9.64. The van der Waals surface area contributed by atoms with Crippen LogP contribution >= 0.6 is 0 Å². The van der Waals surface area contributed by atoms with Gasteiger partial charge in [-0.15, -0.1) is 0 Å². The molecule has 0 aliphatic heterocycles. The predicted octanol–water partition coefficient (Wildman–Crippen LogP) is 1.79. The highest BCUT2D eigenvalue weighted by atomic mass is 16.5. The van der Waals surface area contributed by atoms with Crippen molar-refractivity contribution in [3.05, 3.63) is 23.3 Å². The SMILES string of the molecule is COc1cc(O)c(C(C)CC=O)cc1C(=O)O. The number of carboxylic acid groups (broad SMARTS) is 1.